The van der Waals surface area contributed by atoms with Crippen molar-refractivity contribution in [1.29, 1.82) is 0 Å². The molecule has 0 bridgehead atoms. The summed E-state index contributed by atoms with van der Waals surface area (Å²) in [6.07, 6.45) is 0.499. The summed E-state index contributed by atoms with van der Waals surface area (Å²) < 4.78 is 9.65. The number of amides is 1. The zero-order valence-corrected chi connectivity index (χ0v) is 11.3. The molecule has 1 aromatic rings. The van der Waals surface area contributed by atoms with Crippen LogP contribution in [0.4, 0.5) is 0 Å². The molecule has 1 atom stereocenters. The molecular weight excluding hydrogens is 266 g/mol. The molecule has 0 aliphatic rings. The lowest BCUT2D eigenvalue weighted by molar-refractivity contribution is -0.142. The van der Waals surface area contributed by atoms with Crippen LogP contribution in [0, 0.1) is 0 Å². The summed E-state index contributed by atoms with van der Waals surface area (Å²) in [5.74, 6) is -1.69. The van der Waals surface area contributed by atoms with Crippen LogP contribution in [0.15, 0.2) is 16.5 Å². The van der Waals surface area contributed by atoms with Crippen molar-refractivity contribution in [1.82, 2.24) is 5.32 Å². The first-order valence-corrected chi connectivity index (χ1v) is 6.17. The molecule has 1 aromatic heterocycles. The number of carboxylic acid groups (broad SMARTS) is 1. The second kappa shape index (κ2) is 7.32. The van der Waals surface area contributed by atoms with Crippen molar-refractivity contribution < 1.29 is 28.6 Å². The average molecular weight is 283 g/mol. The van der Waals surface area contributed by atoms with Gasteiger partial charge in [-0.15, -0.1) is 0 Å². The minimum absolute atomic E-state index is 0.0465. The molecule has 0 aromatic carbocycles. The highest BCUT2D eigenvalue weighted by atomic mass is 16.5. The molecule has 2 N–H and O–H groups in total. The first-order valence-electron chi connectivity index (χ1n) is 6.17. The van der Waals surface area contributed by atoms with Gasteiger partial charge in [0.05, 0.1) is 7.11 Å². The van der Waals surface area contributed by atoms with Crippen LogP contribution in [0.1, 0.15) is 36.1 Å². The smallest absolute Gasteiger partial charge is 0.326 e. The van der Waals surface area contributed by atoms with E-state index in [-0.39, 0.29) is 18.6 Å². The number of carbonyl (C=O) groups is 3. The molecule has 110 valence electrons. The molecule has 0 aliphatic heterocycles. The van der Waals surface area contributed by atoms with Crippen molar-refractivity contribution >= 4 is 17.8 Å². The second-order valence-electron chi connectivity index (χ2n) is 4.10. The maximum Gasteiger partial charge on any atom is 0.326 e. The number of hydrogen-bond donors (Lipinski definition) is 2. The van der Waals surface area contributed by atoms with Gasteiger partial charge in [-0.3, -0.25) is 9.59 Å². The third-order valence-electron chi connectivity index (χ3n) is 2.70. The molecule has 0 aliphatic carbocycles. The number of methoxy groups -OCH3 is 1. The number of ether oxygens (including phenoxy) is 1. The van der Waals surface area contributed by atoms with Crippen molar-refractivity contribution in [2.45, 2.75) is 32.2 Å². The first-order chi connectivity index (χ1) is 9.47. The van der Waals surface area contributed by atoms with Crippen LogP contribution in [0.3, 0.4) is 0 Å². The summed E-state index contributed by atoms with van der Waals surface area (Å²) in [5, 5.41) is 11.3. The van der Waals surface area contributed by atoms with Crippen molar-refractivity contribution in [3.05, 3.63) is 23.7 Å². The molecule has 20 heavy (non-hydrogen) atoms. The Morgan fingerprint density at radius 3 is 2.60 bits per heavy atom. The highest BCUT2D eigenvalue weighted by Gasteiger charge is 2.23. The summed E-state index contributed by atoms with van der Waals surface area (Å²) in [6, 6.07) is 1.96. The number of carbonyl (C=O) groups excluding carboxylic acids is 2. The van der Waals surface area contributed by atoms with Gasteiger partial charge in [-0.25, -0.2) is 4.79 Å². The van der Waals surface area contributed by atoms with Gasteiger partial charge in [0, 0.05) is 12.8 Å². The lowest BCUT2D eigenvalue weighted by atomic mass is 10.1. The van der Waals surface area contributed by atoms with E-state index in [2.05, 4.69) is 10.1 Å². The van der Waals surface area contributed by atoms with E-state index in [1.807, 2.05) is 6.92 Å². The van der Waals surface area contributed by atoms with Gasteiger partial charge in [-0.1, -0.05) is 6.92 Å². The maximum atomic E-state index is 11.8. The predicted molar refractivity (Wildman–Crippen MR) is 68.2 cm³/mol. The zero-order chi connectivity index (χ0) is 15.1. The van der Waals surface area contributed by atoms with Gasteiger partial charge < -0.3 is 19.6 Å². The predicted octanol–water partition coefficient (Wildman–Crippen LogP) is 0.978. The Hall–Kier alpha value is -2.31. The largest absolute Gasteiger partial charge is 0.480 e. The molecule has 0 saturated carbocycles. The Balaban J connectivity index is 2.63. The monoisotopic (exact) mass is 283 g/mol. The minimum Gasteiger partial charge on any atom is -0.480 e. The number of rotatable bonds is 7. The molecule has 0 spiro atoms. The highest BCUT2D eigenvalue weighted by molar-refractivity contribution is 5.94. The van der Waals surface area contributed by atoms with Gasteiger partial charge in [0.2, 0.25) is 0 Å². The highest BCUT2D eigenvalue weighted by Crippen LogP contribution is 2.09. The second-order valence-corrected chi connectivity index (χ2v) is 4.10. The van der Waals surface area contributed by atoms with Gasteiger partial charge in [0.1, 0.15) is 11.8 Å². The third kappa shape index (κ3) is 4.42. The van der Waals surface area contributed by atoms with Crippen molar-refractivity contribution in [2.75, 3.05) is 7.11 Å². The zero-order valence-electron chi connectivity index (χ0n) is 11.3. The standard InChI is InChI=1S/C13H17NO6/c1-3-8-4-6-10(20-8)12(16)14-9(13(17)18)5-7-11(15)19-2/h4,6,9H,3,5,7H2,1-2H3,(H,14,16)(H,17,18)/t9-/m1/s1. The summed E-state index contributed by atoms with van der Waals surface area (Å²) in [5.41, 5.74) is 0. The molecule has 0 radical (unpaired) electrons. The fraction of sp³-hybridized carbons (Fsp3) is 0.462. The van der Waals surface area contributed by atoms with E-state index in [0.29, 0.717) is 12.2 Å². The van der Waals surface area contributed by atoms with Crippen molar-refractivity contribution in [3.8, 4) is 0 Å². The fourth-order valence-corrected chi connectivity index (χ4v) is 1.54. The molecule has 7 nitrogen and oxygen atoms in total. The molecule has 1 heterocycles. The average Bonchev–Trinajstić information content (AvgIpc) is 2.91. The van der Waals surface area contributed by atoms with E-state index >= 15 is 0 Å². The van der Waals surface area contributed by atoms with E-state index in [4.69, 9.17) is 9.52 Å². The lowest BCUT2D eigenvalue weighted by Gasteiger charge is -2.12. The molecule has 1 amide bonds. The van der Waals surface area contributed by atoms with E-state index in [1.165, 1.54) is 13.2 Å². The van der Waals surface area contributed by atoms with Crippen LogP contribution in [0.25, 0.3) is 0 Å². The summed E-state index contributed by atoms with van der Waals surface area (Å²) in [6.45, 7) is 1.87. The quantitative estimate of drug-likeness (QED) is 0.722. The van der Waals surface area contributed by atoms with Gasteiger partial charge in [0.15, 0.2) is 5.76 Å². The van der Waals surface area contributed by atoms with E-state index in [1.54, 1.807) is 6.07 Å². The number of furan rings is 1. The fourth-order valence-electron chi connectivity index (χ4n) is 1.54. The lowest BCUT2D eigenvalue weighted by Crippen LogP contribution is -2.41. The molecule has 1 rings (SSSR count). The van der Waals surface area contributed by atoms with Crippen LogP contribution in [0.2, 0.25) is 0 Å². The Labute approximate surface area is 115 Å². The van der Waals surface area contributed by atoms with E-state index in [0.717, 1.165) is 0 Å². The molecule has 0 unspecified atom stereocenters. The number of aryl methyl sites for hydroxylation is 1. The molecule has 0 fully saturated rings. The number of carboxylic acids is 1. The molecule has 7 heteroatoms. The summed E-state index contributed by atoms with van der Waals surface area (Å²) in [4.78, 5) is 33.8. The van der Waals surface area contributed by atoms with Gasteiger partial charge >= 0.3 is 11.9 Å². The van der Waals surface area contributed by atoms with Crippen LogP contribution >= 0.6 is 0 Å². The summed E-state index contributed by atoms with van der Waals surface area (Å²) >= 11 is 0. The van der Waals surface area contributed by atoms with Gasteiger partial charge in [-0.05, 0) is 18.6 Å². The third-order valence-corrected chi connectivity index (χ3v) is 2.70. The van der Waals surface area contributed by atoms with Crippen LogP contribution in [0.5, 0.6) is 0 Å². The Bertz CT molecular complexity index is 493. The van der Waals surface area contributed by atoms with Crippen molar-refractivity contribution in [3.63, 3.8) is 0 Å². The topological polar surface area (TPSA) is 106 Å². The SMILES string of the molecule is CCc1ccc(C(=O)N[C@H](CCC(=O)OC)C(=O)O)o1. The first kappa shape index (κ1) is 15.7. The van der Waals surface area contributed by atoms with Crippen LogP contribution in [-0.4, -0.2) is 36.1 Å². The Kier molecular flexibility index (Phi) is 5.76. The van der Waals surface area contributed by atoms with Crippen LogP contribution in [-0.2, 0) is 20.7 Å². The Morgan fingerprint density at radius 1 is 1.40 bits per heavy atom. The number of nitrogens with one attached hydrogen (secondary N) is 1. The minimum atomic E-state index is -1.22. The van der Waals surface area contributed by atoms with Gasteiger partial charge in [0.25, 0.3) is 5.91 Å². The number of esters is 1. The normalized spacial score (nSPS) is 11.7. The van der Waals surface area contributed by atoms with E-state index in [9.17, 15) is 14.4 Å². The van der Waals surface area contributed by atoms with E-state index < -0.39 is 23.9 Å². The maximum absolute atomic E-state index is 11.8. The Morgan fingerprint density at radius 2 is 2.10 bits per heavy atom. The van der Waals surface area contributed by atoms with Gasteiger partial charge in [-0.2, -0.15) is 0 Å². The number of aliphatic carboxylic acids is 1. The van der Waals surface area contributed by atoms with Crippen molar-refractivity contribution in [2.24, 2.45) is 0 Å². The summed E-state index contributed by atoms with van der Waals surface area (Å²) in [7, 11) is 1.21. The van der Waals surface area contributed by atoms with Crippen LogP contribution < -0.4 is 5.32 Å². The molecule has 0 saturated heterocycles. The molecular formula is C13H17NO6. The number of hydrogen-bond acceptors (Lipinski definition) is 5.